The number of rotatable bonds is 4. The van der Waals surface area contributed by atoms with Crippen LogP contribution >= 0.6 is 0 Å². The van der Waals surface area contributed by atoms with Crippen molar-refractivity contribution in [3.05, 3.63) is 36.3 Å². The molecule has 5 nitrogen and oxygen atoms in total. The molecule has 1 atom stereocenters. The number of pyridine rings is 1. The minimum Gasteiger partial charge on any atom is -0.354 e. The van der Waals surface area contributed by atoms with Gasteiger partial charge in [-0.3, -0.25) is 4.79 Å². The van der Waals surface area contributed by atoms with E-state index in [0.717, 1.165) is 11.3 Å². The SMILES string of the molecule is CC(N)C(=O)NCCc1cn2ccccc2n1. The molecule has 17 heavy (non-hydrogen) atoms. The number of amides is 1. The van der Waals surface area contributed by atoms with Crippen molar-refractivity contribution in [3.8, 4) is 0 Å². The van der Waals surface area contributed by atoms with Crippen LogP contribution in [0.3, 0.4) is 0 Å². The Bertz CT molecular complexity index is 485. The number of nitrogens with two attached hydrogens (primary N) is 1. The quantitative estimate of drug-likeness (QED) is 0.798. The van der Waals surface area contributed by atoms with Crippen molar-refractivity contribution >= 4 is 11.6 Å². The number of nitrogens with one attached hydrogen (secondary N) is 1. The van der Waals surface area contributed by atoms with E-state index in [1.165, 1.54) is 0 Å². The smallest absolute Gasteiger partial charge is 0.236 e. The van der Waals surface area contributed by atoms with Crippen LogP contribution in [-0.2, 0) is 11.2 Å². The predicted octanol–water partition coefficient (Wildman–Crippen LogP) is 0.340. The van der Waals surface area contributed by atoms with E-state index in [0.29, 0.717) is 13.0 Å². The van der Waals surface area contributed by atoms with Crippen LogP contribution in [0.4, 0.5) is 0 Å². The average Bonchev–Trinajstić information content (AvgIpc) is 2.71. The van der Waals surface area contributed by atoms with Crippen LogP contribution in [-0.4, -0.2) is 27.9 Å². The van der Waals surface area contributed by atoms with E-state index in [4.69, 9.17) is 5.73 Å². The van der Waals surface area contributed by atoms with Crippen molar-refractivity contribution in [2.24, 2.45) is 5.73 Å². The van der Waals surface area contributed by atoms with Gasteiger partial charge in [0.1, 0.15) is 5.65 Å². The number of fused-ring (bicyclic) bond motifs is 1. The Morgan fingerprint density at radius 3 is 3.12 bits per heavy atom. The molecular formula is C12H16N4O. The molecule has 0 aliphatic rings. The number of aromatic nitrogens is 2. The largest absolute Gasteiger partial charge is 0.354 e. The van der Waals surface area contributed by atoms with Gasteiger partial charge >= 0.3 is 0 Å². The van der Waals surface area contributed by atoms with Gasteiger partial charge in [0.15, 0.2) is 0 Å². The van der Waals surface area contributed by atoms with E-state index in [1.807, 2.05) is 35.0 Å². The molecule has 2 heterocycles. The third kappa shape index (κ3) is 2.82. The van der Waals surface area contributed by atoms with E-state index in [1.54, 1.807) is 6.92 Å². The summed E-state index contributed by atoms with van der Waals surface area (Å²) >= 11 is 0. The number of carbonyl (C=O) groups excluding carboxylic acids is 1. The van der Waals surface area contributed by atoms with Crippen molar-refractivity contribution in [2.75, 3.05) is 6.54 Å². The van der Waals surface area contributed by atoms with Crippen molar-refractivity contribution in [1.29, 1.82) is 0 Å². The van der Waals surface area contributed by atoms with Gasteiger partial charge in [-0.2, -0.15) is 0 Å². The third-order valence-corrected chi connectivity index (χ3v) is 2.51. The predicted molar refractivity (Wildman–Crippen MR) is 65.6 cm³/mol. The maximum atomic E-state index is 11.2. The molecule has 2 rings (SSSR count). The summed E-state index contributed by atoms with van der Waals surface area (Å²) in [5.41, 5.74) is 7.32. The average molecular weight is 232 g/mol. The van der Waals surface area contributed by atoms with Crippen LogP contribution in [0.2, 0.25) is 0 Å². The molecule has 2 aromatic heterocycles. The molecule has 0 radical (unpaired) electrons. The number of nitrogens with zero attached hydrogens (tertiary/aromatic N) is 2. The van der Waals surface area contributed by atoms with E-state index in [-0.39, 0.29) is 5.91 Å². The highest BCUT2D eigenvalue weighted by Gasteiger charge is 2.06. The van der Waals surface area contributed by atoms with Crippen LogP contribution in [0.1, 0.15) is 12.6 Å². The number of hydrogen-bond acceptors (Lipinski definition) is 3. The highest BCUT2D eigenvalue weighted by atomic mass is 16.2. The fraction of sp³-hybridized carbons (Fsp3) is 0.333. The van der Waals surface area contributed by atoms with Crippen molar-refractivity contribution in [2.45, 2.75) is 19.4 Å². The van der Waals surface area contributed by atoms with Crippen molar-refractivity contribution in [3.63, 3.8) is 0 Å². The molecule has 1 amide bonds. The lowest BCUT2D eigenvalue weighted by molar-refractivity contribution is -0.121. The second kappa shape index (κ2) is 4.97. The normalized spacial score (nSPS) is 12.6. The minimum absolute atomic E-state index is 0.131. The Kier molecular flexibility index (Phi) is 3.39. The molecule has 0 aliphatic carbocycles. The monoisotopic (exact) mass is 232 g/mol. The Hall–Kier alpha value is -1.88. The summed E-state index contributed by atoms with van der Waals surface area (Å²) < 4.78 is 1.96. The Morgan fingerprint density at radius 1 is 1.59 bits per heavy atom. The van der Waals surface area contributed by atoms with Gasteiger partial charge in [-0.1, -0.05) is 6.07 Å². The van der Waals surface area contributed by atoms with Gasteiger partial charge in [-0.25, -0.2) is 4.98 Å². The van der Waals surface area contributed by atoms with E-state index >= 15 is 0 Å². The highest BCUT2D eigenvalue weighted by Crippen LogP contribution is 2.04. The van der Waals surface area contributed by atoms with Gasteiger partial charge in [0.25, 0.3) is 0 Å². The lowest BCUT2D eigenvalue weighted by Crippen LogP contribution is -2.39. The zero-order chi connectivity index (χ0) is 12.3. The molecule has 5 heteroatoms. The first kappa shape index (κ1) is 11.6. The Morgan fingerprint density at radius 2 is 2.41 bits per heavy atom. The Labute approximate surface area is 99.6 Å². The van der Waals surface area contributed by atoms with E-state index in [9.17, 15) is 4.79 Å². The van der Waals surface area contributed by atoms with Gasteiger partial charge in [0.05, 0.1) is 11.7 Å². The Balaban J connectivity index is 1.93. The van der Waals surface area contributed by atoms with Gasteiger partial charge in [0.2, 0.25) is 5.91 Å². The number of hydrogen-bond donors (Lipinski definition) is 2. The molecule has 0 saturated heterocycles. The first-order chi connectivity index (χ1) is 8.16. The molecule has 0 spiro atoms. The van der Waals surface area contributed by atoms with Gasteiger partial charge in [0, 0.05) is 25.4 Å². The molecule has 1 unspecified atom stereocenters. The standard InChI is InChI=1S/C12H16N4O/c1-9(13)12(17)14-6-5-10-8-16-7-3-2-4-11(16)15-10/h2-4,7-9H,5-6,13H2,1H3,(H,14,17). The highest BCUT2D eigenvalue weighted by molar-refractivity contribution is 5.80. The molecule has 0 saturated carbocycles. The molecule has 2 aromatic rings. The molecule has 3 N–H and O–H groups in total. The van der Waals surface area contributed by atoms with E-state index in [2.05, 4.69) is 10.3 Å². The van der Waals surface area contributed by atoms with Crippen LogP contribution in [0.25, 0.3) is 5.65 Å². The zero-order valence-electron chi connectivity index (χ0n) is 9.76. The third-order valence-electron chi connectivity index (χ3n) is 2.51. The van der Waals surface area contributed by atoms with Gasteiger partial charge in [-0.05, 0) is 19.1 Å². The maximum absolute atomic E-state index is 11.2. The molecule has 0 fully saturated rings. The second-order valence-corrected chi connectivity index (χ2v) is 4.03. The molecule has 90 valence electrons. The second-order valence-electron chi connectivity index (χ2n) is 4.03. The topological polar surface area (TPSA) is 72.4 Å². The summed E-state index contributed by atoms with van der Waals surface area (Å²) in [5.74, 6) is -0.131. The fourth-order valence-corrected chi connectivity index (χ4v) is 1.58. The summed E-state index contributed by atoms with van der Waals surface area (Å²) in [4.78, 5) is 15.7. The van der Waals surface area contributed by atoms with Crippen LogP contribution in [0.5, 0.6) is 0 Å². The maximum Gasteiger partial charge on any atom is 0.236 e. The number of imidazole rings is 1. The lowest BCUT2D eigenvalue weighted by atomic mass is 10.3. The van der Waals surface area contributed by atoms with Crippen molar-refractivity contribution < 1.29 is 4.79 Å². The molecule has 0 aliphatic heterocycles. The van der Waals surface area contributed by atoms with Crippen LogP contribution in [0, 0.1) is 0 Å². The first-order valence-corrected chi connectivity index (χ1v) is 5.63. The van der Waals surface area contributed by atoms with Crippen molar-refractivity contribution in [1.82, 2.24) is 14.7 Å². The summed E-state index contributed by atoms with van der Waals surface area (Å²) in [6.45, 7) is 2.23. The van der Waals surface area contributed by atoms with E-state index < -0.39 is 6.04 Å². The molecule has 0 aromatic carbocycles. The lowest BCUT2D eigenvalue weighted by Gasteiger charge is -2.05. The molecule has 0 bridgehead atoms. The van der Waals surface area contributed by atoms with Gasteiger partial charge in [-0.15, -0.1) is 0 Å². The minimum atomic E-state index is -0.462. The number of carbonyl (C=O) groups is 1. The van der Waals surface area contributed by atoms with Gasteiger partial charge < -0.3 is 15.5 Å². The summed E-state index contributed by atoms with van der Waals surface area (Å²) in [5, 5.41) is 2.76. The summed E-state index contributed by atoms with van der Waals surface area (Å²) in [7, 11) is 0. The molecular weight excluding hydrogens is 216 g/mol. The zero-order valence-corrected chi connectivity index (χ0v) is 9.76. The summed E-state index contributed by atoms with van der Waals surface area (Å²) in [6, 6.07) is 5.39. The first-order valence-electron chi connectivity index (χ1n) is 5.63. The van der Waals surface area contributed by atoms with Crippen LogP contribution < -0.4 is 11.1 Å². The van der Waals surface area contributed by atoms with Crippen LogP contribution in [0.15, 0.2) is 30.6 Å². The summed E-state index contributed by atoms with van der Waals surface area (Å²) in [6.07, 6.45) is 4.62. The fourth-order valence-electron chi connectivity index (χ4n) is 1.58.